The minimum Gasteiger partial charge on any atom is -0.444 e. The van der Waals surface area contributed by atoms with Gasteiger partial charge in [0.25, 0.3) is 0 Å². The van der Waals surface area contributed by atoms with E-state index >= 15 is 4.39 Å². The minimum absolute atomic E-state index is 0.00460. The van der Waals surface area contributed by atoms with Crippen molar-refractivity contribution >= 4 is 16.1 Å². The fraction of sp³-hybridized carbons (Fsp3) is 0.500. The molecule has 0 unspecified atom stereocenters. The molecule has 2 aliphatic rings. The fourth-order valence-corrected chi connectivity index (χ4v) is 5.86. The quantitative estimate of drug-likeness (QED) is 0.576. The molecule has 2 fully saturated rings. The van der Waals surface area contributed by atoms with Crippen molar-refractivity contribution in [2.45, 2.75) is 64.6 Å². The van der Waals surface area contributed by atoms with Gasteiger partial charge in [-0.05, 0) is 70.2 Å². The molecular formula is C26H31F3N2O4S. The van der Waals surface area contributed by atoms with E-state index in [9.17, 15) is 22.0 Å². The molecule has 1 saturated carbocycles. The number of hydrogen-bond acceptors (Lipinski definition) is 4. The molecule has 2 aromatic carbocycles. The first-order valence-electron chi connectivity index (χ1n) is 12.0. The molecule has 6 nitrogen and oxygen atoms in total. The highest BCUT2D eigenvalue weighted by Gasteiger charge is 2.61. The molecule has 36 heavy (non-hydrogen) atoms. The van der Waals surface area contributed by atoms with E-state index in [4.69, 9.17) is 4.74 Å². The van der Waals surface area contributed by atoms with Gasteiger partial charge in [-0.3, -0.25) is 0 Å². The third-order valence-corrected chi connectivity index (χ3v) is 8.19. The molecule has 1 saturated heterocycles. The average Bonchev–Trinajstić information content (AvgIpc) is 3.48. The average molecular weight is 525 g/mol. The third kappa shape index (κ3) is 5.54. The summed E-state index contributed by atoms with van der Waals surface area (Å²) >= 11 is 0. The number of benzene rings is 2. The van der Waals surface area contributed by atoms with Crippen LogP contribution in [-0.4, -0.2) is 49.4 Å². The van der Waals surface area contributed by atoms with E-state index in [0.717, 1.165) is 25.0 Å². The Bertz CT molecular complexity index is 1250. The maximum atomic E-state index is 15.7. The van der Waals surface area contributed by atoms with Gasteiger partial charge in [0, 0.05) is 29.6 Å². The van der Waals surface area contributed by atoms with Crippen LogP contribution in [0.25, 0.3) is 11.1 Å². The number of sulfonamides is 1. The van der Waals surface area contributed by atoms with Crippen molar-refractivity contribution in [1.82, 2.24) is 9.62 Å². The summed E-state index contributed by atoms with van der Waals surface area (Å²) in [5.74, 6) is -2.47. The van der Waals surface area contributed by atoms with Gasteiger partial charge < -0.3 is 9.64 Å². The summed E-state index contributed by atoms with van der Waals surface area (Å²) < 4.78 is 76.8. The summed E-state index contributed by atoms with van der Waals surface area (Å²) in [6.07, 6.45) is 0.853. The predicted molar refractivity (Wildman–Crippen MR) is 130 cm³/mol. The summed E-state index contributed by atoms with van der Waals surface area (Å²) in [4.78, 5) is 14.7. The molecule has 1 heterocycles. The summed E-state index contributed by atoms with van der Waals surface area (Å²) in [6.45, 7) is 7.03. The number of nitrogens with zero attached hydrogens (tertiary/aromatic N) is 1. The van der Waals surface area contributed by atoms with Gasteiger partial charge >= 0.3 is 6.09 Å². The Kier molecular flexibility index (Phi) is 6.89. The Labute approximate surface area is 209 Å². The molecule has 2 atom stereocenters. The maximum Gasteiger partial charge on any atom is 0.410 e. The van der Waals surface area contributed by atoms with Crippen molar-refractivity contribution in [3.8, 4) is 11.1 Å². The number of halogens is 3. The number of amides is 1. The normalized spacial score (nSPS) is 21.1. The van der Waals surface area contributed by atoms with Crippen LogP contribution in [0.4, 0.5) is 18.0 Å². The van der Waals surface area contributed by atoms with Gasteiger partial charge in [0.2, 0.25) is 10.0 Å². The van der Waals surface area contributed by atoms with Crippen molar-refractivity contribution in [3.05, 3.63) is 59.4 Å². The van der Waals surface area contributed by atoms with E-state index in [-0.39, 0.29) is 28.9 Å². The highest BCUT2D eigenvalue weighted by molar-refractivity contribution is 7.89. The van der Waals surface area contributed by atoms with Crippen LogP contribution >= 0.6 is 0 Å². The number of carbonyl (C=O) groups is 1. The maximum absolute atomic E-state index is 15.7. The Morgan fingerprint density at radius 3 is 2.33 bits per heavy atom. The second kappa shape index (κ2) is 9.37. The summed E-state index contributed by atoms with van der Waals surface area (Å²) in [7, 11) is -3.62. The Morgan fingerprint density at radius 1 is 1.14 bits per heavy atom. The number of hydrogen-bond donors (Lipinski definition) is 1. The van der Waals surface area contributed by atoms with E-state index in [1.165, 1.54) is 24.0 Å². The highest BCUT2D eigenvalue weighted by Crippen LogP contribution is 2.55. The van der Waals surface area contributed by atoms with Crippen LogP contribution in [0.2, 0.25) is 0 Å². The molecule has 0 radical (unpaired) electrons. The second-order valence-corrected chi connectivity index (χ2v) is 12.7. The first-order chi connectivity index (χ1) is 16.7. The van der Waals surface area contributed by atoms with Crippen molar-refractivity contribution in [1.29, 1.82) is 0 Å². The number of carbonyl (C=O) groups excluding carboxylic acids is 1. The number of likely N-dealkylation sites (tertiary alicyclic amines) is 1. The van der Waals surface area contributed by atoms with Crippen molar-refractivity contribution in [3.63, 3.8) is 0 Å². The Morgan fingerprint density at radius 2 is 1.78 bits per heavy atom. The van der Waals surface area contributed by atoms with E-state index in [2.05, 4.69) is 4.72 Å². The van der Waals surface area contributed by atoms with Crippen LogP contribution in [0.1, 0.15) is 46.1 Å². The first-order valence-corrected chi connectivity index (χ1v) is 13.6. The lowest BCUT2D eigenvalue weighted by atomic mass is 9.91. The Balaban J connectivity index is 1.73. The van der Waals surface area contributed by atoms with Gasteiger partial charge in [-0.15, -0.1) is 0 Å². The van der Waals surface area contributed by atoms with E-state index < -0.39 is 56.7 Å². The number of ether oxygens (including phenoxy) is 1. The van der Waals surface area contributed by atoms with Gasteiger partial charge in [0.05, 0.1) is 11.8 Å². The van der Waals surface area contributed by atoms with Gasteiger partial charge in [0.1, 0.15) is 23.1 Å². The van der Waals surface area contributed by atoms with Crippen LogP contribution in [0.15, 0.2) is 36.4 Å². The smallest absolute Gasteiger partial charge is 0.410 e. The predicted octanol–water partition coefficient (Wildman–Crippen LogP) is 5.02. The van der Waals surface area contributed by atoms with Crippen LogP contribution in [0.5, 0.6) is 0 Å². The zero-order chi connectivity index (χ0) is 26.5. The molecule has 1 N–H and O–H groups in total. The molecule has 1 spiro atoms. The van der Waals surface area contributed by atoms with E-state index in [0.29, 0.717) is 12.6 Å². The van der Waals surface area contributed by atoms with Gasteiger partial charge in [-0.2, -0.15) is 0 Å². The van der Waals surface area contributed by atoms with Crippen molar-refractivity contribution in [2.24, 2.45) is 5.41 Å². The second-order valence-electron chi connectivity index (χ2n) is 10.7. The van der Waals surface area contributed by atoms with Gasteiger partial charge in [-0.1, -0.05) is 18.2 Å². The van der Waals surface area contributed by atoms with Crippen LogP contribution in [0.3, 0.4) is 0 Å². The highest BCUT2D eigenvalue weighted by atomic mass is 32.2. The number of rotatable bonds is 6. The monoisotopic (exact) mass is 524 g/mol. The molecule has 0 aromatic heterocycles. The van der Waals surface area contributed by atoms with Crippen LogP contribution in [0, 0.1) is 22.9 Å². The molecular weight excluding hydrogens is 493 g/mol. The molecule has 10 heteroatoms. The van der Waals surface area contributed by atoms with Gasteiger partial charge in [-0.25, -0.2) is 31.1 Å². The minimum atomic E-state index is -3.62. The lowest BCUT2D eigenvalue weighted by molar-refractivity contribution is 0.0213. The standard InChI is InChI=1S/C26H31F3N2O4S/c1-5-36(33,34)30-23-21(31(15-26(23)9-10-26)24(32)35-25(2,3)4)13-16-7-6-8-20(22(16)29)17-11-18(27)14-19(28)12-17/h6-8,11-12,14,21,23,30H,5,9-10,13,15H2,1-4H3/t21-,23+/m0/s1. The molecule has 2 aromatic rings. The van der Waals surface area contributed by atoms with Crippen LogP contribution in [-0.2, 0) is 21.2 Å². The third-order valence-electron chi connectivity index (χ3n) is 6.82. The zero-order valence-corrected chi connectivity index (χ0v) is 21.6. The largest absolute Gasteiger partial charge is 0.444 e. The summed E-state index contributed by atoms with van der Waals surface area (Å²) in [6, 6.07) is 6.00. The lowest BCUT2D eigenvalue weighted by Gasteiger charge is -2.31. The fourth-order valence-electron chi connectivity index (χ4n) is 4.90. The molecule has 0 bridgehead atoms. The van der Waals surface area contributed by atoms with Gasteiger partial charge in [0.15, 0.2) is 0 Å². The van der Waals surface area contributed by atoms with E-state index in [1.807, 2.05) is 0 Å². The molecule has 196 valence electrons. The summed E-state index contributed by atoms with van der Waals surface area (Å²) in [5.41, 5.74) is -0.951. The zero-order valence-electron chi connectivity index (χ0n) is 20.8. The van der Waals surface area contributed by atoms with Crippen molar-refractivity contribution in [2.75, 3.05) is 12.3 Å². The molecule has 1 amide bonds. The molecule has 4 rings (SSSR count). The SMILES string of the molecule is CCS(=O)(=O)N[C@@H]1[C@H](Cc2cccc(-c3cc(F)cc(F)c3)c2F)N(C(=O)OC(C)(C)C)CC12CC2. The summed E-state index contributed by atoms with van der Waals surface area (Å²) in [5, 5.41) is 0. The lowest BCUT2D eigenvalue weighted by Crippen LogP contribution is -2.50. The van der Waals surface area contributed by atoms with Crippen LogP contribution < -0.4 is 4.72 Å². The Hall–Kier alpha value is -2.59. The number of nitrogens with one attached hydrogen (secondary N) is 1. The topological polar surface area (TPSA) is 75.7 Å². The molecule has 1 aliphatic carbocycles. The first kappa shape index (κ1) is 26.5. The van der Waals surface area contributed by atoms with E-state index in [1.54, 1.807) is 26.8 Å². The molecule has 1 aliphatic heterocycles. The van der Waals surface area contributed by atoms with Crippen molar-refractivity contribution < 1.29 is 31.1 Å².